The molecule has 0 aliphatic carbocycles. The molecule has 3 aromatic carbocycles. The van der Waals surface area contributed by atoms with Crippen LogP contribution in [-0.2, 0) is 6.54 Å². The van der Waals surface area contributed by atoms with Crippen molar-refractivity contribution in [2.45, 2.75) is 13.5 Å². The Hall–Kier alpha value is -3.93. The summed E-state index contributed by atoms with van der Waals surface area (Å²) in [5.74, 6) is 0.655. The molecule has 0 unspecified atom stereocenters. The molecule has 4 rings (SSSR count). The number of rotatable bonds is 7. The molecule has 1 aromatic heterocycles. The van der Waals surface area contributed by atoms with Crippen molar-refractivity contribution in [2.24, 2.45) is 0 Å². The van der Waals surface area contributed by atoms with Crippen LogP contribution in [0.15, 0.2) is 84.9 Å². The lowest BCUT2D eigenvalue weighted by atomic mass is 10.2. The molecule has 0 saturated carbocycles. The lowest BCUT2D eigenvalue weighted by molar-refractivity contribution is 0.0740. The van der Waals surface area contributed by atoms with Gasteiger partial charge in [-0.25, -0.2) is 9.67 Å². The first kappa shape index (κ1) is 21.3. The maximum absolute atomic E-state index is 13.4. The highest BCUT2D eigenvalue weighted by molar-refractivity contribution is 5.91. The minimum atomic E-state index is -0.184. The Morgan fingerprint density at radius 2 is 1.50 bits per heavy atom. The fourth-order valence-electron chi connectivity index (χ4n) is 3.51. The van der Waals surface area contributed by atoms with Crippen molar-refractivity contribution < 1.29 is 4.79 Å². The van der Waals surface area contributed by atoms with Gasteiger partial charge in [0, 0.05) is 38.4 Å². The molecule has 0 fully saturated rings. The third kappa shape index (κ3) is 4.54. The van der Waals surface area contributed by atoms with Gasteiger partial charge in [-0.15, -0.1) is 5.10 Å². The Labute approximate surface area is 188 Å². The van der Waals surface area contributed by atoms with E-state index in [2.05, 4.69) is 39.2 Å². The molecule has 1 amide bonds. The van der Waals surface area contributed by atoms with Gasteiger partial charge in [0.15, 0.2) is 5.82 Å². The fraction of sp³-hybridized carbons (Fsp3) is 0.192. The smallest absolute Gasteiger partial charge is 0.293 e. The van der Waals surface area contributed by atoms with Crippen LogP contribution in [0.1, 0.15) is 23.1 Å². The Bertz CT molecular complexity index is 1110. The summed E-state index contributed by atoms with van der Waals surface area (Å²) < 4.78 is 1.74. The molecule has 0 atom stereocenters. The number of nitrogens with zero attached hydrogens (tertiary/aromatic N) is 5. The van der Waals surface area contributed by atoms with Gasteiger partial charge in [0.1, 0.15) is 0 Å². The molecule has 0 spiro atoms. The van der Waals surface area contributed by atoms with Crippen molar-refractivity contribution in [1.82, 2.24) is 19.7 Å². The Morgan fingerprint density at radius 1 is 0.875 bits per heavy atom. The zero-order valence-electron chi connectivity index (χ0n) is 18.6. The number of benzene rings is 3. The minimum Gasteiger partial charge on any atom is -0.378 e. The molecule has 0 bridgehead atoms. The molecular weight excluding hydrogens is 398 g/mol. The van der Waals surface area contributed by atoms with Crippen molar-refractivity contribution in [3.63, 3.8) is 0 Å². The second kappa shape index (κ2) is 9.47. The predicted molar refractivity (Wildman–Crippen MR) is 128 cm³/mol. The lowest BCUT2D eigenvalue weighted by Gasteiger charge is -2.20. The van der Waals surface area contributed by atoms with E-state index < -0.39 is 0 Å². The van der Waals surface area contributed by atoms with E-state index in [0.29, 0.717) is 18.9 Å². The summed E-state index contributed by atoms with van der Waals surface area (Å²) in [7, 11) is 4.02. The quantitative estimate of drug-likeness (QED) is 0.432. The number of amides is 1. The van der Waals surface area contributed by atoms with E-state index in [-0.39, 0.29) is 11.7 Å². The highest BCUT2D eigenvalue weighted by Crippen LogP contribution is 2.22. The van der Waals surface area contributed by atoms with Gasteiger partial charge >= 0.3 is 0 Å². The number of aromatic nitrogens is 3. The van der Waals surface area contributed by atoms with Gasteiger partial charge in [-0.3, -0.25) is 4.79 Å². The van der Waals surface area contributed by atoms with Crippen LogP contribution < -0.4 is 4.90 Å². The van der Waals surface area contributed by atoms with Crippen molar-refractivity contribution >= 4 is 11.6 Å². The first-order valence-electron chi connectivity index (χ1n) is 10.7. The first-order chi connectivity index (χ1) is 15.6. The third-order valence-corrected chi connectivity index (χ3v) is 5.33. The van der Waals surface area contributed by atoms with Crippen LogP contribution in [0, 0.1) is 0 Å². The lowest BCUT2D eigenvalue weighted by Crippen LogP contribution is -2.31. The summed E-state index contributed by atoms with van der Waals surface area (Å²) in [4.78, 5) is 21.8. The zero-order valence-corrected chi connectivity index (χ0v) is 18.6. The normalized spacial score (nSPS) is 10.7. The third-order valence-electron chi connectivity index (χ3n) is 5.33. The van der Waals surface area contributed by atoms with E-state index in [1.54, 1.807) is 9.58 Å². The summed E-state index contributed by atoms with van der Waals surface area (Å²) >= 11 is 0. The molecule has 32 heavy (non-hydrogen) atoms. The molecule has 6 heteroatoms. The molecule has 162 valence electrons. The largest absolute Gasteiger partial charge is 0.378 e. The number of carbonyl (C=O) groups is 1. The highest BCUT2D eigenvalue weighted by atomic mass is 16.2. The topological polar surface area (TPSA) is 54.3 Å². The average Bonchev–Trinajstić information content (AvgIpc) is 3.29. The summed E-state index contributed by atoms with van der Waals surface area (Å²) in [6.07, 6.45) is 0. The number of hydrogen-bond donors (Lipinski definition) is 0. The maximum atomic E-state index is 13.4. The van der Waals surface area contributed by atoms with Crippen LogP contribution in [0.25, 0.3) is 17.1 Å². The summed E-state index contributed by atoms with van der Waals surface area (Å²) in [6.45, 7) is 3.04. The van der Waals surface area contributed by atoms with Gasteiger partial charge in [-0.2, -0.15) is 0 Å². The molecule has 0 radical (unpaired) electrons. The zero-order chi connectivity index (χ0) is 22.5. The van der Waals surface area contributed by atoms with Gasteiger partial charge in [0.05, 0.1) is 5.69 Å². The van der Waals surface area contributed by atoms with E-state index in [1.807, 2.05) is 81.7 Å². The highest BCUT2D eigenvalue weighted by Gasteiger charge is 2.23. The van der Waals surface area contributed by atoms with Crippen molar-refractivity contribution in [2.75, 3.05) is 25.5 Å². The maximum Gasteiger partial charge on any atom is 0.293 e. The molecular formula is C26H27N5O. The van der Waals surface area contributed by atoms with Crippen LogP contribution >= 0.6 is 0 Å². The Balaban J connectivity index is 1.65. The molecule has 1 heterocycles. The van der Waals surface area contributed by atoms with E-state index in [0.717, 1.165) is 22.5 Å². The second-order valence-electron chi connectivity index (χ2n) is 7.75. The molecule has 6 nitrogen and oxygen atoms in total. The van der Waals surface area contributed by atoms with Gasteiger partial charge in [-0.05, 0) is 36.8 Å². The average molecular weight is 426 g/mol. The van der Waals surface area contributed by atoms with E-state index in [4.69, 9.17) is 0 Å². The molecule has 0 aliphatic heterocycles. The minimum absolute atomic E-state index is 0.184. The van der Waals surface area contributed by atoms with Crippen LogP contribution in [0.3, 0.4) is 0 Å². The summed E-state index contributed by atoms with van der Waals surface area (Å²) in [6, 6.07) is 27.8. The Morgan fingerprint density at radius 3 is 2.09 bits per heavy atom. The number of para-hydroxylation sites is 1. The van der Waals surface area contributed by atoms with Crippen molar-refractivity contribution in [3.05, 3.63) is 96.3 Å². The molecule has 0 aliphatic rings. The molecule has 0 saturated heterocycles. The number of hydrogen-bond acceptors (Lipinski definition) is 4. The summed E-state index contributed by atoms with van der Waals surface area (Å²) in [5, 5.41) is 4.61. The van der Waals surface area contributed by atoms with Crippen LogP contribution in [0.5, 0.6) is 0 Å². The SMILES string of the molecule is CCN(Cc1ccc(N(C)C)cc1)C(=O)c1nc(-c2ccccc2)n(-c2ccccc2)n1. The van der Waals surface area contributed by atoms with Crippen LogP contribution in [-0.4, -0.2) is 46.2 Å². The van der Waals surface area contributed by atoms with Crippen LogP contribution in [0.2, 0.25) is 0 Å². The first-order valence-corrected chi connectivity index (χ1v) is 10.7. The fourth-order valence-corrected chi connectivity index (χ4v) is 3.51. The monoisotopic (exact) mass is 425 g/mol. The predicted octanol–water partition coefficient (Wildman–Crippen LogP) is 4.66. The standard InChI is InChI=1S/C26H27N5O/c1-4-30(19-20-15-17-22(18-16-20)29(2)3)26(32)24-27-25(21-11-7-5-8-12-21)31(28-24)23-13-9-6-10-14-23/h5-18H,4,19H2,1-3H3. The van der Waals surface area contributed by atoms with Crippen LogP contribution in [0.4, 0.5) is 5.69 Å². The van der Waals surface area contributed by atoms with E-state index in [1.165, 1.54) is 0 Å². The Kier molecular flexibility index (Phi) is 6.31. The van der Waals surface area contributed by atoms with E-state index in [9.17, 15) is 4.79 Å². The second-order valence-corrected chi connectivity index (χ2v) is 7.75. The van der Waals surface area contributed by atoms with Crippen molar-refractivity contribution in [1.29, 1.82) is 0 Å². The van der Waals surface area contributed by atoms with Crippen molar-refractivity contribution in [3.8, 4) is 17.1 Å². The summed E-state index contributed by atoms with van der Waals surface area (Å²) in [5.41, 5.74) is 3.96. The van der Waals surface area contributed by atoms with Gasteiger partial charge < -0.3 is 9.80 Å². The van der Waals surface area contributed by atoms with Gasteiger partial charge in [0.25, 0.3) is 5.91 Å². The van der Waals surface area contributed by atoms with Gasteiger partial charge in [0.2, 0.25) is 5.82 Å². The number of carbonyl (C=O) groups excluding carboxylic acids is 1. The van der Waals surface area contributed by atoms with Gasteiger partial charge in [-0.1, -0.05) is 60.7 Å². The molecule has 4 aromatic rings. The number of anilines is 1. The molecule has 0 N–H and O–H groups in total. The van der Waals surface area contributed by atoms with E-state index >= 15 is 0 Å².